The molecule has 1 aliphatic heterocycles. The smallest absolute Gasteiger partial charge is 0.0931 e. The molecule has 2 aliphatic rings. The van der Waals surface area contributed by atoms with Gasteiger partial charge in [0.2, 0.25) is 0 Å². The molecule has 2 heterocycles. The Bertz CT molecular complexity index is 543. The summed E-state index contributed by atoms with van der Waals surface area (Å²) in [5, 5.41) is 3.54. The largest absolute Gasteiger partial charge is 0.345 e. The Morgan fingerprint density at radius 1 is 1.25 bits per heavy atom. The van der Waals surface area contributed by atoms with Crippen LogP contribution in [-0.2, 0) is 6.42 Å². The molecule has 0 amide bonds. The van der Waals surface area contributed by atoms with Gasteiger partial charge in [0.1, 0.15) is 0 Å². The number of benzene rings is 1. The molecular formula is C13H15N3. The Morgan fingerprint density at radius 3 is 3.25 bits per heavy atom. The van der Waals surface area contributed by atoms with Gasteiger partial charge in [-0.15, -0.1) is 0 Å². The van der Waals surface area contributed by atoms with E-state index in [1.807, 2.05) is 0 Å². The van der Waals surface area contributed by atoms with Crippen LogP contribution in [0.25, 0.3) is 11.0 Å². The molecule has 3 heteroatoms. The van der Waals surface area contributed by atoms with Crippen molar-refractivity contribution in [2.45, 2.75) is 18.8 Å². The molecule has 4 rings (SSSR count). The van der Waals surface area contributed by atoms with E-state index in [4.69, 9.17) is 0 Å². The highest BCUT2D eigenvalue weighted by molar-refractivity contribution is 5.77. The van der Waals surface area contributed by atoms with Crippen molar-refractivity contribution in [3.8, 4) is 0 Å². The first-order valence-electron chi connectivity index (χ1n) is 6.07. The summed E-state index contributed by atoms with van der Waals surface area (Å²) in [6, 6.07) is 4.59. The highest BCUT2D eigenvalue weighted by Gasteiger charge is 2.30. The minimum Gasteiger partial charge on any atom is -0.345 e. The number of aromatic nitrogens is 2. The van der Waals surface area contributed by atoms with Crippen LogP contribution in [-0.4, -0.2) is 23.1 Å². The number of aromatic amines is 1. The predicted octanol–water partition coefficient (Wildman–Crippen LogP) is 1.81. The highest BCUT2D eigenvalue weighted by atomic mass is 14.9. The first-order chi connectivity index (χ1) is 7.90. The van der Waals surface area contributed by atoms with Crippen LogP contribution in [0.5, 0.6) is 0 Å². The van der Waals surface area contributed by atoms with Crippen LogP contribution < -0.4 is 5.32 Å². The van der Waals surface area contributed by atoms with E-state index in [1.54, 1.807) is 11.9 Å². The van der Waals surface area contributed by atoms with E-state index in [9.17, 15) is 0 Å². The van der Waals surface area contributed by atoms with Gasteiger partial charge in [0.25, 0.3) is 0 Å². The van der Waals surface area contributed by atoms with Gasteiger partial charge in [-0.1, -0.05) is 0 Å². The zero-order valence-electron chi connectivity index (χ0n) is 9.16. The summed E-state index contributed by atoms with van der Waals surface area (Å²) in [5.74, 6) is 1.55. The Hall–Kier alpha value is -1.35. The molecular weight excluding hydrogens is 198 g/mol. The van der Waals surface area contributed by atoms with E-state index in [-0.39, 0.29) is 0 Å². The van der Waals surface area contributed by atoms with Crippen molar-refractivity contribution in [2.75, 3.05) is 13.1 Å². The summed E-state index contributed by atoms with van der Waals surface area (Å²) >= 11 is 0. The minimum absolute atomic E-state index is 0.712. The molecule has 2 aromatic rings. The summed E-state index contributed by atoms with van der Waals surface area (Å²) in [6.07, 6.45) is 4.38. The second-order valence-electron chi connectivity index (χ2n) is 5.13. The lowest BCUT2D eigenvalue weighted by molar-refractivity contribution is 0.318. The van der Waals surface area contributed by atoms with E-state index in [0.717, 1.165) is 18.0 Å². The standard InChI is InChI=1S/C13H15N3/c1-8-2-10(6-14-5-8)11-4-13-12(3-9(1)11)15-7-16-13/h3-4,7-8,10,14H,1-2,5-6H2,(H,15,16). The van der Waals surface area contributed by atoms with Gasteiger partial charge in [0, 0.05) is 6.54 Å². The Labute approximate surface area is 94.3 Å². The normalized spacial score (nSPS) is 28.0. The van der Waals surface area contributed by atoms with E-state index in [0.29, 0.717) is 5.92 Å². The van der Waals surface area contributed by atoms with Crippen LogP contribution in [0.3, 0.4) is 0 Å². The van der Waals surface area contributed by atoms with Gasteiger partial charge in [-0.25, -0.2) is 4.98 Å². The van der Waals surface area contributed by atoms with E-state index >= 15 is 0 Å². The molecule has 1 aromatic carbocycles. The summed E-state index contributed by atoms with van der Waals surface area (Å²) < 4.78 is 0. The van der Waals surface area contributed by atoms with Crippen LogP contribution in [0, 0.1) is 5.92 Å². The third kappa shape index (κ3) is 1.15. The molecule has 2 bridgehead atoms. The zero-order valence-corrected chi connectivity index (χ0v) is 9.16. The average molecular weight is 213 g/mol. The van der Waals surface area contributed by atoms with Crippen LogP contribution in [0.2, 0.25) is 0 Å². The molecule has 16 heavy (non-hydrogen) atoms. The topological polar surface area (TPSA) is 40.7 Å². The summed E-state index contributed by atoms with van der Waals surface area (Å²) in [6.45, 7) is 2.33. The first-order valence-corrected chi connectivity index (χ1v) is 6.07. The lowest BCUT2D eigenvalue weighted by Gasteiger charge is -2.36. The zero-order chi connectivity index (χ0) is 10.5. The van der Waals surface area contributed by atoms with Gasteiger partial charge in [-0.2, -0.15) is 0 Å². The Kier molecular flexibility index (Phi) is 1.68. The number of hydrogen-bond donors (Lipinski definition) is 2. The average Bonchev–Trinajstić information content (AvgIpc) is 2.74. The molecule has 2 unspecified atom stereocenters. The van der Waals surface area contributed by atoms with Gasteiger partial charge in [-0.3, -0.25) is 0 Å². The van der Waals surface area contributed by atoms with Gasteiger partial charge in [0.15, 0.2) is 0 Å². The number of fused-ring (bicyclic) bond motifs is 5. The van der Waals surface area contributed by atoms with Crippen molar-refractivity contribution in [1.29, 1.82) is 0 Å². The Balaban J connectivity index is 1.93. The summed E-state index contributed by atoms with van der Waals surface area (Å²) in [4.78, 5) is 7.57. The van der Waals surface area contributed by atoms with E-state index in [1.165, 1.54) is 30.5 Å². The molecule has 1 saturated heterocycles. The van der Waals surface area contributed by atoms with Crippen LogP contribution in [0.15, 0.2) is 18.5 Å². The lowest BCUT2D eigenvalue weighted by atomic mass is 9.74. The molecule has 1 fully saturated rings. The molecule has 2 atom stereocenters. The fraction of sp³-hybridized carbons (Fsp3) is 0.462. The number of nitrogens with zero attached hydrogens (tertiary/aromatic N) is 1. The maximum Gasteiger partial charge on any atom is 0.0931 e. The molecule has 1 aromatic heterocycles. The van der Waals surface area contributed by atoms with Crippen LogP contribution in [0.4, 0.5) is 0 Å². The molecule has 0 spiro atoms. The maximum absolute atomic E-state index is 4.36. The number of imidazole rings is 1. The summed E-state index contributed by atoms with van der Waals surface area (Å²) in [5.41, 5.74) is 5.37. The van der Waals surface area contributed by atoms with Crippen molar-refractivity contribution in [3.05, 3.63) is 29.6 Å². The molecule has 0 radical (unpaired) electrons. The predicted molar refractivity (Wildman–Crippen MR) is 63.5 cm³/mol. The van der Waals surface area contributed by atoms with Gasteiger partial charge >= 0.3 is 0 Å². The van der Waals surface area contributed by atoms with Crippen molar-refractivity contribution in [2.24, 2.45) is 5.92 Å². The van der Waals surface area contributed by atoms with Crippen molar-refractivity contribution in [1.82, 2.24) is 15.3 Å². The summed E-state index contributed by atoms with van der Waals surface area (Å²) in [7, 11) is 0. The molecule has 3 nitrogen and oxygen atoms in total. The van der Waals surface area contributed by atoms with Crippen LogP contribution >= 0.6 is 0 Å². The van der Waals surface area contributed by atoms with Gasteiger partial charge in [-0.05, 0) is 54.5 Å². The number of H-pyrrole nitrogens is 1. The lowest BCUT2D eigenvalue weighted by Crippen LogP contribution is -2.39. The molecule has 82 valence electrons. The second-order valence-corrected chi connectivity index (χ2v) is 5.13. The van der Waals surface area contributed by atoms with E-state index in [2.05, 4.69) is 27.4 Å². The minimum atomic E-state index is 0.712. The molecule has 2 N–H and O–H groups in total. The number of rotatable bonds is 0. The van der Waals surface area contributed by atoms with Gasteiger partial charge < -0.3 is 10.3 Å². The fourth-order valence-corrected chi connectivity index (χ4v) is 3.33. The van der Waals surface area contributed by atoms with Crippen molar-refractivity contribution in [3.63, 3.8) is 0 Å². The molecule has 0 saturated carbocycles. The third-order valence-corrected chi connectivity index (χ3v) is 4.07. The molecule has 1 aliphatic carbocycles. The van der Waals surface area contributed by atoms with Gasteiger partial charge in [0.05, 0.1) is 17.4 Å². The first kappa shape index (κ1) is 8.76. The highest BCUT2D eigenvalue weighted by Crippen LogP contribution is 2.37. The van der Waals surface area contributed by atoms with Crippen molar-refractivity contribution < 1.29 is 0 Å². The number of hydrogen-bond acceptors (Lipinski definition) is 2. The Morgan fingerprint density at radius 2 is 2.25 bits per heavy atom. The maximum atomic E-state index is 4.36. The third-order valence-electron chi connectivity index (χ3n) is 4.07. The quantitative estimate of drug-likeness (QED) is 0.700. The number of piperidine rings is 1. The number of nitrogens with one attached hydrogen (secondary N) is 2. The van der Waals surface area contributed by atoms with Crippen molar-refractivity contribution >= 4 is 11.0 Å². The van der Waals surface area contributed by atoms with Crippen LogP contribution in [0.1, 0.15) is 23.5 Å². The monoisotopic (exact) mass is 213 g/mol. The van der Waals surface area contributed by atoms with E-state index < -0.39 is 0 Å². The second kappa shape index (κ2) is 3.08. The SMILES string of the molecule is c1nc2cc3c(cc2[nH]1)CC1CNCC3C1. The fourth-order valence-electron chi connectivity index (χ4n) is 3.33.